The molecule has 0 aliphatic carbocycles. The molecule has 84 valence electrons. The largest absolute Gasteiger partial charge is 0.277 e. The van der Waals surface area contributed by atoms with Crippen molar-refractivity contribution in [2.75, 3.05) is 0 Å². The SMILES string of the molecule is Cc1n[nH]c2ccnc(-c3ccc(F)cc3)c12. The van der Waals surface area contributed by atoms with Crippen molar-refractivity contribution in [3.05, 3.63) is 48.0 Å². The third-order valence-corrected chi connectivity index (χ3v) is 2.77. The molecule has 0 atom stereocenters. The Hall–Kier alpha value is -2.23. The summed E-state index contributed by atoms with van der Waals surface area (Å²) in [5.41, 5.74) is 3.56. The van der Waals surface area contributed by atoms with Crippen LogP contribution in [0, 0.1) is 12.7 Å². The zero-order chi connectivity index (χ0) is 11.8. The van der Waals surface area contributed by atoms with E-state index in [1.54, 1.807) is 18.3 Å². The van der Waals surface area contributed by atoms with E-state index in [1.165, 1.54) is 12.1 Å². The van der Waals surface area contributed by atoms with Crippen molar-refractivity contribution < 1.29 is 4.39 Å². The van der Waals surface area contributed by atoms with E-state index in [0.29, 0.717) is 0 Å². The van der Waals surface area contributed by atoms with Crippen LogP contribution in [0.15, 0.2) is 36.5 Å². The van der Waals surface area contributed by atoms with Crippen molar-refractivity contribution in [1.29, 1.82) is 0 Å². The first kappa shape index (κ1) is 9.96. The van der Waals surface area contributed by atoms with Crippen molar-refractivity contribution in [3.8, 4) is 11.3 Å². The summed E-state index contributed by atoms with van der Waals surface area (Å²) >= 11 is 0. The lowest BCUT2D eigenvalue weighted by Gasteiger charge is -2.02. The first-order valence-electron chi connectivity index (χ1n) is 5.31. The number of benzene rings is 1. The smallest absolute Gasteiger partial charge is 0.123 e. The van der Waals surface area contributed by atoms with E-state index >= 15 is 0 Å². The maximum Gasteiger partial charge on any atom is 0.123 e. The van der Waals surface area contributed by atoms with Gasteiger partial charge in [-0.2, -0.15) is 5.10 Å². The van der Waals surface area contributed by atoms with Crippen LogP contribution in [0.2, 0.25) is 0 Å². The predicted molar refractivity (Wildman–Crippen MR) is 64.0 cm³/mol. The average Bonchev–Trinajstić information content (AvgIpc) is 2.73. The summed E-state index contributed by atoms with van der Waals surface area (Å²) < 4.78 is 12.9. The minimum absolute atomic E-state index is 0.246. The van der Waals surface area contributed by atoms with Crippen LogP contribution in [0.25, 0.3) is 22.2 Å². The Kier molecular flexibility index (Phi) is 2.14. The summed E-state index contributed by atoms with van der Waals surface area (Å²) in [5, 5.41) is 8.09. The van der Waals surface area contributed by atoms with E-state index in [2.05, 4.69) is 15.2 Å². The number of aryl methyl sites for hydroxylation is 1. The normalized spacial score (nSPS) is 10.9. The van der Waals surface area contributed by atoms with E-state index in [1.807, 2.05) is 13.0 Å². The van der Waals surface area contributed by atoms with Gasteiger partial charge in [0.15, 0.2) is 0 Å². The van der Waals surface area contributed by atoms with Gasteiger partial charge in [0, 0.05) is 17.1 Å². The molecule has 2 aromatic heterocycles. The minimum atomic E-state index is -0.246. The Balaban J connectivity index is 2.29. The van der Waals surface area contributed by atoms with E-state index in [-0.39, 0.29) is 5.82 Å². The molecule has 3 aromatic rings. The summed E-state index contributed by atoms with van der Waals surface area (Å²) in [6, 6.07) is 8.20. The molecule has 3 nitrogen and oxygen atoms in total. The molecule has 0 fully saturated rings. The Morgan fingerprint density at radius 2 is 1.88 bits per heavy atom. The van der Waals surface area contributed by atoms with Crippen LogP contribution in [0.3, 0.4) is 0 Å². The summed E-state index contributed by atoms with van der Waals surface area (Å²) in [7, 11) is 0. The van der Waals surface area contributed by atoms with Gasteiger partial charge in [-0.05, 0) is 37.3 Å². The average molecular weight is 227 g/mol. The van der Waals surface area contributed by atoms with E-state index < -0.39 is 0 Å². The van der Waals surface area contributed by atoms with Gasteiger partial charge in [0.05, 0.1) is 16.9 Å². The fourth-order valence-corrected chi connectivity index (χ4v) is 1.95. The molecule has 1 N–H and O–H groups in total. The van der Waals surface area contributed by atoms with E-state index in [9.17, 15) is 4.39 Å². The molecule has 1 aromatic carbocycles. The van der Waals surface area contributed by atoms with Crippen molar-refractivity contribution in [2.24, 2.45) is 0 Å². The lowest BCUT2D eigenvalue weighted by Crippen LogP contribution is -1.86. The number of hydrogen-bond donors (Lipinski definition) is 1. The van der Waals surface area contributed by atoms with Crippen LogP contribution in [-0.4, -0.2) is 15.2 Å². The molecule has 0 aliphatic heterocycles. The van der Waals surface area contributed by atoms with Gasteiger partial charge in [0.2, 0.25) is 0 Å². The lowest BCUT2D eigenvalue weighted by atomic mass is 10.1. The highest BCUT2D eigenvalue weighted by molar-refractivity contribution is 5.94. The second-order valence-corrected chi connectivity index (χ2v) is 3.90. The number of aromatic nitrogens is 3. The Morgan fingerprint density at radius 3 is 2.65 bits per heavy atom. The Labute approximate surface area is 97.3 Å². The highest BCUT2D eigenvalue weighted by Gasteiger charge is 2.09. The second kappa shape index (κ2) is 3.66. The predicted octanol–water partition coefficient (Wildman–Crippen LogP) is 3.07. The third kappa shape index (κ3) is 1.58. The zero-order valence-electron chi connectivity index (χ0n) is 9.24. The number of H-pyrrole nitrogens is 1. The maximum absolute atomic E-state index is 12.9. The molecule has 0 amide bonds. The molecule has 0 aliphatic rings. The van der Waals surface area contributed by atoms with Crippen LogP contribution in [0.1, 0.15) is 5.69 Å². The summed E-state index contributed by atoms with van der Waals surface area (Å²) in [6.45, 7) is 1.92. The van der Waals surface area contributed by atoms with Gasteiger partial charge < -0.3 is 0 Å². The van der Waals surface area contributed by atoms with Gasteiger partial charge in [-0.1, -0.05) is 0 Å². The van der Waals surface area contributed by atoms with Gasteiger partial charge in [0.1, 0.15) is 5.82 Å². The number of fused-ring (bicyclic) bond motifs is 1. The van der Waals surface area contributed by atoms with Crippen molar-refractivity contribution in [1.82, 2.24) is 15.2 Å². The topological polar surface area (TPSA) is 41.6 Å². The Morgan fingerprint density at radius 1 is 1.12 bits per heavy atom. The number of nitrogens with zero attached hydrogens (tertiary/aromatic N) is 2. The van der Waals surface area contributed by atoms with Gasteiger partial charge in [-0.25, -0.2) is 4.39 Å². The molecule has 2 heterocycles. The molecule has 4 heteroatoms. The number of aromatic amines is 1. The maximum atomic E-state index is 12.9. The molecule has 0 saturated carbocycles. The van der Waals surface area contributed by atoms with Crippen LogP contribution in [0.5, 0.6) is 0 Å². The van der Waals surface area contributed by atoms with Gasteiger partial charge in [-0.15, -0.1) is 0 Å². The van der Waals surface area contributed by atoms with Crippen molar-refractivity contribution in [3.63, 3.8) is 0 Å². The summed E-state index contributed by atoms with van der Waals surface area (Å²) in [4.78, 5) is 4.36. The van der Waals surface area contributed by atoms with Gasteiger partial charge in [-0.3, -0.25) is 10.1 Å². The first-order valence-corrected chi connectivity index (χ1v) is 5.31. The van der Waals surface area contributed by atoms with Gasteiger partial charge in [0.25, 0.3) is 0 Å². The van der Waals surface area contributed by atoms with Crippen LogP contribution in [0.4, 0.5) is 4.39 Å². The number of halogens is 1. The zero-order valence-corrected chi connectivity index (χ0v) is 9.24. The number of rotatable bonds is 1. The van der Waals surface area contributed by atoms with Crippen LogP contribution >= 0.6 is 0 Å². The summed E-state index contributed by atoms with van der Waals surface area (Å²) in [6.07, 6.45) is 1.72. The highest BCUT2D eigenvalue weighted by Crippen LogP contribution is 2.27. The Bertz CT molecular complexity index is 671. The number of pyridine rings is 1. The molecule has 0 saturated heterocycles. The molecular formula is C13H10FN3. The molecule has 0 spiro atoms. The molecular weight excluding hydrogens is 217 g/mol. The fourth-order valence-electron chi connectivity index (χ4n) is 1.95. The number of hydrogen-bond acceptors (Lipinski definition) is 2. The second-order valence-electron chi connectivity index (χ2n) is 3.90. The first-order chi connectivity index (χ1) is 8.25. The van der Waals surface area contributed by atoms with Crippen molar-refractivity contribution in [2.45, 2.75) is 6.92 Å². The lowest BCUT2D eigenvalue weighted by molar-refractivity contribution is 0.628. The van der Waals surface area contributed by atoms with Crippen LogP contribution < -0.4 is 0 Å². The molecule has 17 heavy (non-hydrogen) atoms. The standard InChI is InChI=1S/C13H10FN3/c1-8-12-11(17-16-8)6-7-15-13(12)9-2-4-10(14)5-3-9/h2-7H,1H3,(H,16,17). The van der Waals surface area contributed by atoms with Gasteiger partial charge >= 0.3 is 0 Å². The van der Waals surface area contributed by atoms with Crippen LogP contribution in [-0.2, 0) is 0 Å². The fraction of sp³-hybridized carbons (Fsp3) is 0.0769. The quantitative estimate of drug-likeness (QED) is 0.694. The third-order valence-electron chi connectivity index (χ3n) is 2.77. The van der Waals surface area contributed by atoms with Crippen molar-refractivity contribution >= 4 is 10.9 Å². The molecule has 3 rings (SSSR count). The molecule has 0 bridgehead atoms. The molecule has 0 unspecified atom stereocenters. The monoisotopic (exact) mass is 227 g/mol. The summed E-state index contributed by atoms with van der Waals surface area (Å²) in [5.74, 6) is -0.246. The minimum Gasteiger partial charge on any atom is -0.277 e. The van der Waals surface area contributed by atoms with E-state index in [4.69, 9.17) is 0 Å². The number of nitrogens with one attached hydrogen (secondary N) is 1. The highest BCUT2D eigenvalue weighted by atomic mass is 19.1. The van der Waals surface area contributed by atoms with E-state index in [0.717, 1.165) is 27.9 Å². The molecule has 0 radical (unpaired) electrons.